The van der Waals surface area contributed by atoms with Crippen LogP contribution in [0, 0.1) is 0 Å². The van der Waals surface area contributed by atoms with Crippen LogP contribution in [0.1, 0.15) is 12.8 Å². The van der Waals surface area contributed by atoms with Crippen molar-refractivity contribution >= 4 is 29.6 Å². The van der Waals surface area contributed by atoms with Crippen molar-refractivity contribution in [1.82, 2.24) is 4.90 Å². The van der Waals surface area contributed by atoms with Gasteiger partial charge in [0.25, 0.3) is 0 Å². The smallest absolute Gasteiger partial charge is 0.230 e. The molecule has 1 heterocycles. The number of likely N-dealkylation sites (tertiary alicyclic amines) is 1. The third-order valence-corrected chi connectivity index (χ3v) is 1.59. The minimum absolute atomic E-state index is 0.194. The minimum Gasteiger partial charge on any atom is -0.285 e. The Morgan fingerprint density at radius 3 is 2.18 bits per heavy atom. The van der Waals surface area contributed by atoms with Gasteiger partial charge in [-0.3, -0.25) is 19.3 Å². The Hall–Kier alpha value is -0.840. The van der Waals surface area contributed by atoms with Crippen LogP contribution >= 0.6 is 12.6 Å². The van der Waals surface area contributed by atoms with Crippen LogP contribution in [-0.4, -0.2) is 28.4 Å². The Labute approximate surface area is 69.0 Å². The summed E-state index contributed by atoms with van der Waals surface area (Å²) in [6.45, 7) is -0.194. The molecule has 0 saturated carbocycles. The molecule has 0 aromatic rings. The molecule has 1 aliphatic rings. The first-order chi connectivity index (χ1) is 5.11. The number of nitrogens with zero attached hydrogens (tertiary/aromatic N) is 1. The first kappa shape index (κ1) is 8.26. The van der Waals surface area contributed by atoms with Gasteiger partial charge < -0.3 is 0 Å². The van der Waals surface area contributed by atoms with Crippen molar-refractivity contribution < 1.29 is 14.4 Å². The van der Waals surface area contributed by atoms with Crippen LogP contribution < -0.4 is 0 Å². The first-order valence-corrected chi connectivity index (χ1v) is 3.61. The van der Waals surface area contributed by atoms with E-state index in [-0.39, 0.29) is 31.2 Å². The first-order valence-electron chi connectivity index (χ1n) is 3.16. The van der Waals surface area contributed by atoms with Crippen molar-refractivity contribution in [1.29, 1.82) is 0 Å². The SMILES string of the molecule is O=C(S)CN1C(=O)CCC1=O. The van der Waals surface area contributed by atoms with Gasteiger partial charge in [0.1, 0.15) is 0 Å². The van der Waals surface area contributed by atoms with Gasteiger partial charge in [0, 0.05) is 12.8 Å². The summed E-state index contributed by atoms with van der Waals surface area (Å²) in [7, 11) is 0. The standard InChI is InChI=1S/C6H7NO3S/c8-4-1-2-5(9)7(4)3-6(10)11/h1-3H2,(H,10,11). The molecule has 60 valence electrons. The lowest BCUT2D eigenvalue weighted by Crippen LogP contribution is -2.32. The van der Waals surface area contributed by atoms with Gasteiger partial charge in [-0.15, -0.1) is 12.6 Å². The third-order valence-electron chi connectivity index (χ3n) is 1.45. The molecule has 0 unspecified atom stereocenters. The molecule has 2 amide bonds. The van der Waals surface area contributed by atoms with Crippen molar-refractivity contribution in [2.45, 2.75) is 12.8 Å². The number of carbonyl (C=O) groups excluding carboxylic acids is 3. The molecule has 1 saturated heterocycles. The number of rotatable bonds is 2. The number of imide groups is 1. The Morgan fingerprint density at radius 1 is 1.36 bits per heavy atom. The van der Waals surface area contributed by atoms with Crippen molar-refractivity contribution in [3.8, 4) is 0 Å². The lowest BCUT2D eigenvalue weighted by Gasteiger charge is -2.09. The summed E-state index contributed by atoms with van der Waals surface area (Å²) in [6, 6.07) is 0. The second-order valence-electron chi connectivity index (χ2n) is 2.27. The molecule has 0 atom stereocenters. The Kier molecular flexibility index (Phi) is 2.28. The summed E-state index contributed by atoms with van der Waals surface area (Å²) in [4.78, 5) is 33.0. The van der Waals surface area contributed by atoms with Crippen LogP contribution in [0.25, 0.3) is 0 Å². The maximum Gasteiger partial charge on any atom is 0.230 e. The van der Waals surface area contributed by atoms with Gasteiger partial charge in [-0.25, -0.2) is 0 Å². The minimum atomic E-state index is -0.464. The van der Waals surface area contributed by atoms with Gasteiger partial charge in [-0.2, -0.15) is 0 Å². The van der Waals surface area contributed by atoms with E-state index < -0.39 is 5.12 Å². The largest absolute Gasteiger partial charge is 0.285 e. The summed E-state index contributed by atoms with van der Waals surface area (Å²) >= 11 is 3.47. The summed E-state index contributed by atoms with van der Waals surface area (Å²) in [5.74, 6) is -0.560. The molecular weight excluding hydrogens is 166 g/mol. The van der Waals surface area contributed by atoms with E-state index >= 15 is 0 Å². The van der Waals surface area contributed by atoms with Gasteiger partial charge in [0.15, 0.2) is 0 Å². The fourth-order valence-electron chi connectivity index (χ4n) is 0.934. The van der Waals surface area contributed by atoms with E-state index in [4.69, 9.17) is 0 Å². The predicted molar refractivity (Wildman–Crippen MR) is 39.9 cm³/mol. The summed E-state index contributed by atoms with van der Waals surface area (Å²) in [5.41, 5.74) is 0. The molecule has 0 spiro atoms. The van der Waals surface area contributed by atoms with Gasteiger partial charge in [0.2, 0.25) is 16.9 Å². The molecule has 1 rings (SSSR count). The van der Waals surface area contributed by atoms with E-state index in [1.165, 1.54) is 0 Å². The fourth-order valence-corrected chi connectivity index (χ4v) is 1.08. The Bertz CT molecular complexity index is 210. The number of carbonyl (C=O) groups is 3. The molecule has 5 heteroatoms. The lowest BCUT2D eigenvalue weighted by atomic mass is 10.4. The molecular formula is C6H7NO3S. The molecule has 0 aromatic heterocycles. The third kappa shape index (κ3) is 1.80. The second-order valence-corrected chi connectivity index (χ2v) is 2.77. The molecule has 1 fully saturated rings. The number of hydrogen-bond acceptors (Lipinski definition) is 3. The van der Waals surface area contributed by atoms with E-state index in [1.54, 1.807) is 0 Å². The van der Waals surface area contributed by atoms with Crippen LogP contribution in [0.4, 0.5) is 0 Å². The van der Waals surface area contributed by atoms with Crippen LogP contribution in [0.3, 0.4) is 0 Å². The molecule has 0 aromatic carbocycles. The van der Waals surface area contributed by atoms with Gasteiger partial charge >= 0.3 is 0 Å². The average Bonchev–Trinajstić information content (AvgIpc) is 2.18. The van der Waals surface area contributed by atoms with Gasteiger partial charge in [0.05, 0.1) is 6.54 Å². The fraction of sp³-hybridized carbons (Fsp3) is 0.500. The maximum atomic E-state index is 10.8. The van der Waals surface area contributed by atoms with E-state index in [0.29, 0.717) is 0 Å². The molecule has 11 heavy (non-hydrogen) atoms. The topological polar surface area (TPSA) is 54.5 Å². The highest BCUT2D eigenvalue weighted by atomic mass is 32.1. The van der Waals surface area contributed by atoms with E-state index in [0.717, 1.165) is 4.90 Å². The van der Waals surface area contributed by atoms with Crippen LogP contribution in [0.2, 0.25) is 0 Å². The second kappa shape index (κ2) is 3.04. The zero-order valence-corrected chi connectivity index (χ0v) is 6.63. The van der Waals surface area contributed by atoms with E-state index in [9.17, 15) is 14.4 Å². The summed E-state index contributed by atoms with van der Waals surface area (Å²) < 4.78 is 0. The molecule has 0 bridgehead atoms. The predicted octanol–water partition coefficient (Wildman–Crippen LogP) is -0.408. The highest BCUT2D eigenvalue weighted by Gasteiger charge is 2.29. The van der Waals surface area contributed by atoms with Crippen LogP contribution in [0.5, 0.6) is 0 Å². The van der Waals surface area contributed by atoms with Crippen molar-refractivity contribution in [2.24, 2.45) is 0 Å². The van der Waals surface area contributed by atoms with Crippen LogP contribution in [0.15, 0.2) is 0 Å². The lowest BCUT2D eigenvalue weighted by molar-refractivity contribution is -0.140. The van der Waals surface area contributed by atoms with E-state index in [1.807, 2.05) is 0 Å². The molecule has 0 radical (unpaired) electrons. The van der Waals surface area contributed by atoms with Crippen molar-refractivity contribution in [2.75, 3.05) is 6.54 Å². The Balaban J connectivity index is 2.62. The molecule has 0 aliphatic carbocycles. The van der Waals surface area contributed by atoms with Crippen molar-refractivity contribution in [3.63, 3.8) is 0 Å². The van der Waals surface area contributed by atoms with Crippen LogP contribution in [-0.2, 0) is 14.4 Å². The zero-order valence-electron chi connectivity index (χ0n) is 5.74. The average molecular weight is 173 g/mol. The molecule has 0 N–H and O–H groups in total. The number of hydrogen-bond donors (Lipinski definition) is 1. The highest BCUT2D eigenvalue weighted by Crippen LogP contribution is 2.11. The number of amides is 2. The normalized spacial score (nSPS) is 17.7. The molecule has 4 nitrogen and oxygen atoms in total. The highest BCUT2D eigenvalue weighted by molar-refractivity contribution is 7.96. The van der Waals surface area contributed by atoms with Gasteiger partial charge in [-0.05, 0) is 0 Å². The maximum absolute atomic E-state index is 10.8. The zero-order chi connectivity index (χ0) is 8.43. The van der Waals surface area contributed by atoms with Crippen molar-refractivity contribution in [3.05, 3.63) is 0 Å². The summed E-state index contributed by atoms with van der Waals surface area (Å²) in [6.07, 6.45) is 0.444. The summed E-state index contributed by atoms with van der Waals surface area (Å²) in [5, 5.41) is -0.464. The quantitative estimate of drug-likeness (QED) is 0.456. The van der Waals surface area contributed by atoms with E-state index in [2.05, 4.69) is 12.6 Å². The van der Waals surface area contributed by atoms with Gasteiger partial charge in [-0.1, -0.05) is 0 Å². The monoisotopic (exact) mass is 173 g/mol. The molecule has 1 aliphatic heterocycles. The number of thiol groups is 1. The Morgan fingerprint density at radius 2 is 1.82 bits per heavy atom.